The van der Waals surface area contributed by atoms with E-state index in [1.807, 2.05) is 0 Å². The summed E-state index contributed by atoms with van der Waals surface area (Å²) < 4.78 is 0. The van der Waals surface area contributed by atoms with Crippen LogP contribution in [-0.4, -0.2) is 0 Å². The van der Waals surface area contributed by atoms with Crippen molar-refractivity contribution in [3.8, 4) is 0 Å². The molecule has 1 atom stereocenters. The van der Waals surface area contributed by atoms with Crippen molar-refractivity contribution in [1.29, 1.82) is 0 Å². The van der Waals surface area contributed by atoms with Gasteiger partial charge in [-0.05, 0) is 47.8 Å². The largest absolute Gasteiger partial charge is 0.0622 e. The van der Waals surface area contributed by atoms with Crippen LogP contribution in [-0.2, 0) is 6.42 Å². The molecule has 2 aromatic rings. The molecule has 0 saturated heterocycles. The van der Waals surface area contributed by atoms with Gasteiger partial charge in [-0.25, -0.2) is 0 Å². The monoisotopic (exact) mass is 266 g/mol. The SMILES string of the molecule is CC(C)c1cccc(C(C)CCCc2ccccc2)c1. The molecule has 0 nitrogen and oxygen atoms in total. The van der Waals surface area contributed by atoms with Gasteiger partial charge in [-0.15, -0.1) is 0 Å². The predicted molar refractivity (Wildman–Crippen MR) is 88.3 cm³/mol. The normalized spacial score (nSPS) is 12.6. The van der Waals surface area contributed by atoms with Crippen LogP contribution in [0.2, 0.25) is 0 Å². The second-order valence-electron chi connectivity index (χ2n) is 6.10. The summed E-state index contributed by atoms with van der Waals surface area (Å²) in [6, 6.07) is 19.9. The molecular weight excluding hydrogens is 240 g/mol. The highest BCUT2D eigenvalue weighted by Crippen LogP contribution is 2.25. The fourth-order valence-electron chi connectivity index (χ4n) is 2.65. The van der Waals surface area contributed by atoms with E-state index in [4.69, 9.17) is 0 Å². The van der Waals surface area contributed by atoms with Gasteiger partial charge in [0, 0.05) is 0 Å². The third kappa shape index (κ3) is 4.23. The van der Waals surface area contributed by atoms with Gasteiger partial charge in [0.2, 0.25) is 0 Å². The maximum atomic E-state index is 2.39. The lowest BCUT2D eigenvalue weighted by molar-refractivity contribution is 0.632. The Morgan fingerprint density at radius 1 is 0.800 bits per heavy atom. The third-order valence-electron chi connectivity index (χ3n) is 4.09. The van der Waals surface area contributed by atoms with Gasteiger partial charge < -0.3 is 0 Å². The van der Waals surface area contributed by atoms with Crippen molar-refractivity contribution in [2.45, 2.75) is 51.9 Å². The molecule has 0 N–H and O–H groups in total. The van der Waals surface area contributed by atoms with Crippen LogP contribution in [0.1, 0.15) is 62.1 Å². The minimum Gasteiger partial charge on any atom is -0.0622 e. The van der Waals surface area contributed by atoms with Crippen LogP contribution in [0.15, 0.2) is 54.6 Å². The van der Waals surface area contributed by atoms with Crippen molar-refractivity contribution in [2.24, 2.45) is 0 Å². The van der Waals surface area contributed by atoms with E-state index in [1.165, 1.54) is 36.0 Å². The fraction of sp³-hybridized carbons (Fsp3) is 0.400. The molecule has 0 aliphatic heterocycles. The minimum absolute atomic E-state index is 0.617. The van der Waals surface area contributed by atoms with Gasteiger partial charge in [0.15, 0.2) is 0 Å². The summed E-state index contributed by atoms with van der Waals surface area (Å²) in [5.41, 5.74) is 4.40. The molecule has 0 aliphatic carbocycles. The number of benzene rings is 2. The van der Waals surface area contributed by atoms with Gasteiger partial charge in [-0.2, -0.15) is 0 Å². The zero-order valence-electron chi connectivity index (χ0n) is 13.0. The predicted octanol–water partition coefficient (Wildman–Crippen LogP) is 5.94. The Hall–Kier alpha value is -1.56. The summed E-state index contributed by atoms with van der Waals surface area (Å²) in [6.07, 6.45) is 3.71. The van der Waals surface area contributed by atoms with E-state index >= 15 is 0 Å². The van der Waals surface area contributed by atoms with Crippen LogP contribution < -0.4 is 0 Å². The first-order valence-corrected chi connectivity index (χ1v) is 7.80. The van der Waals surface area contributed by atoms with E-state index in [9.17, 15) is 0 Å². The van der Waals surface area contributed by atoms with Crippen LogP contribution in [0, 0.1) is 0 Å². The minimum atomic E-state index is 0.617. The lowest BCUT2D eigenvalue weighted by atomic mass is 9.91. The summed E-state index contributed by atoms with van der Waals surface area (Å²) in [5.74, 6) is 1.27. The van der Waals surface area contributed by atoms with E-state index in [-0.39, 0.29) is 0 Å². The van der Waals surface area contributed by atoms with Crippen molar-refractivity contribution in [3.63, 3.8) is 0 Å². The van der Waals surface area contributed by atoms with E-state index < -0.39 is 0 Å². The molecule has 0 bridgehead atoms. The lowest BCUT2D eigenvalue weighted by Gasteiger charge is -2.14. The molecule has 0 amide bonds. The molecule has 2 rings (SSSR count). The van der Waals surface area contributed by atoms with E-state index in [0.29, 0.717) is 11.8 Å². The second kappa shape index (κ2) is 7.28. The Balaban J connectivity index is 1.88. The Labute approximate surface area is 123 Å². The van der Waals surface area contributed by atoms with Crippen LogP contribution in [0.25, 0.3) is 0 Å². The maximum absolute atomic E-state index is 2.39. The summed E-state index contributed by atoms with van der Waals surface area (Å²) in [6.45, 7) is 6.88. The van der Waals surface area contributed by atoms with Gasteiger partial charge in [-0.3, -0.25) is 0 Å². The van der Waals surface area contributed by atoms with Crippen molar-refractivity contribution in [3.05, 3.63) is 71.3 Å². The molecule has 1 unspecified atom stereocenters. The summed E-state index contributed by atoms with van der Waals surface area (Å²) >= 11 is 0. The standard InChI is InChI=1S/C20H26/c1-16(2)19-13-8-14-20(15-19)17(3)9-7-12-18-10-5-4-6-11-18/h4-6,8,10-11,13-17H,7,9,12H2,1-3H3. The maximum Gasteiger partial charge on any atom is -0.0190 e. The van der Waals surface area contributed by atoms with Gasteiger partial charge in [0.05, 0.1) is 0 Å². The molecule has 0 fully saturated rings. The van der Waals surface area contributed by atoms with E-state index in [1.54, 1.807) is 0 Å². The quantitative estimate of drug-likeness (QED) is 0.607. The highest BCUT2D eigenvalue weighted by molar-refractivity contribution is 5.28. The average molecular weight is 266 g/mol. The Morgan fingerprint density at radius 3 is 2.20 bits per heavy atom. The second-order valence-corrected chi connectivity index (χ2v) is 6.10. The lowest BCUT2D eigenvalue weighted by Crippen LogP contribution is -1.97. The van der Waals surface area contributed by atoms with Crippen molar-refractivity contribution >= 4 is 0 Å². The molecule has 20 heavy (non-hydrogen) atoms. The molecule has 0 aromatic heterocycles. The molecule has 0 spiro atoms. The van der Waals surface area contributed by atoms with Crippen LogP contribution in [0.3, 0.4) is 0 Å². The zero-order valence-corrected chi connectivity index (χ0v) is 13.0. The van der Waals surface area contributed by atoms with E-state index in [2.05, 4.69) is 75.4 Å². The first-order chi connectivity index (χ1) is 9.66. The molecule has 0 aliphatic rings. The smallest absolute Gasteiger partial charge is 0.0190 e. The van der Waals surface area contributed by atoms with Crippen molar-refractivity contribution in [2.75, 3.05) is 0 Å². The van der Waals surface area contributed by atoms with Gasteiger partial charge in [0.25, 0.3) is 0 Å². The average Bonchev–Trinajstić information content (AvgIpc) is 2.48. The topological polar surface area (TPSA) is 0 Å². The first kappa shape index (κ1) is 14.8. The highest BCUT2D eigenvalue weighted by Gasteiger charge is 2.07. The molecular formula is C20H26. The highest BCUT2D eigenvalue weighted by atomic mass is 14.1. The summed E-state index contributed by atoms with van der Waals surface area (Å²) in [4.78, 5) is 0. The number of hydrogen-bond donors (Lipinski definition) is 0. The Bertz CT molecular complexity index is 511. The Kier molecular flexibility index (Phi) is 5.40. The molecule has 0 radical (unpaired) electrons. The molecule has 0 heteroatoms. The van der Waals surface area contributed by atoms with Gasteiger partial charge in [0.1, 0.15) is 0 Å². The van der Waals surface area contributed by atoms with Crippen LogP contribution in [0.5, 0.6) is 0 Å². The number of rotatable bonds is 6. The van der Waals surface area contributed by atoms with Crippen molar-refractivity contribution in [1.82, 2.24) is 0 Å². The molecule has 106 valence electrons. The molecule has 0 heterocycles. The van der Waals surface area contributed by atoms with Crippen LogP contribution >= 0.6 is 0 Å². The van der Waals surface area contributed by atoms with Gasteiger partial charge in [-0.1, -0.05) is 75.4 Å². The summed E-state index contributed by atoms with van der Waals surface area (Å²) in [7, 11) is 0. The molecule has 0 saturated carbocycles. The zero-order chi connectivity index (χ0) is 14.4. The number of hydrogen-bond acceptors (Lipinski definition) is 0. The van der Waals surface area contributed by atoms with Crippen molar-refractivity contribution < 1.29 is 0 Å². The fourth-order valence-corrected chi connectivity index (χ4v) is 2.65. The van der Waals surface area contributed by atoms with Crippen LogP contribution in [0.4, 0.5) is 0 Å². The molecule has 2 aromatic carbocycles. The van der Waals surface area contributed by atoms with Gasteiger partial charge >= 0.3 is 0 Å². The number of aryl methyl sites for hydroxylation is 1. The van der Waals surface area contributed by atoms with E-state index in [0.717, 1.165) is 0 Å². The third-order valence-corrected chi connectivity index (χ3v) is 4.09. The summed E-state index contributed by atoms with van der Waals surface area (Å²) in [5, 5.41) is 0. The Morgan fingerprint density at radius 2 is 1.50 bits per heavy atom. The first-order valence-electron chi connectivity index (χ1n) is 7.80.